The molecule has 2 aromatic rings. The first kappa shape index (κ1) is 14.4. The van der Waals surface area contributed by atoms with Crippen LogP contribution in [0.4, 0.5) is 0 Å². The van der Waals surface area contributed by atoms with Crippen molar-refractivity contribution in [2.45, 2.75) is 18.5 Å². The summed E-state index contributed by atoms with van der Waals surface area (Å²) in [6, 6.07) is 5.26. The first-order valence-corrected chi connectivity index (χ1v) is 7.57. The summed E-state index contributed by atoms with van der Waals surface area (Å²) in [6.45, 7) is 1.83. The molecular formula is C13H12Cl2N2OS. The van der Waals surface area contributed by atoms with Gasteiger partial charge in [0.05, 0.1) is 0 Å². The van der Waals surface area contributed by atoms with Crippen molar-refractivity contribution >= 4 is 35.0 Å². The Morgan fingerprint density at radius 3 is 2.68 bits per heavy atom. The summed E-state index contributed by atoms with van der Waals surface area (Å²) < 4.78 is 0. The van der Waals surface area contributed by atoms with Gasteiger partial charge < -0.3 is 4.98 Å². The highest BCUT2D eigenvalue weighted by atomic mass is 35.5. The highest BCUT2D eigenvalue weighted by Gasteiger charge is 2.11. The van der Waals surface area contributed by atoms with E-state index in [2.05, 4.69) is 9.97 Å². The number of H-pyrrole nitrogens is 1. The molecular weight excluding hydrogens is 303 g/mol. The number of nitrogens with zero attached hydrogens (tertiary/aromatic N) is 1. The van der Waals surface area contributed by atoms with Gasteiger partial charge in [-0.25, -0.2) is 4.98 Å². The van der Waals surface area contributed by atoms with Crippen LogP contribution in [-0.4, -0.2) is 16.2 Å². The van der Waals surface area contributed by atoms with Crippen molar-refractivity contribution < 1.29 is 0 Å². The highest BCUT2D eigenvalue weighted by Crippen LogP contribution is 2.23. The molecule has 0 atom stereocenters. The van der Waals surface area contributed by atoms with Gasteiger partial charge in [0.2, 0.25) is 0 Å². The molecule has 0 spiro atoms. The van der Waals surface area contributed by atoms with Gasteiger partial charge in [-0.15, -0.1) is 0 Å². The van der Waals surface area contributed by atoms with Crippen LogP contribution in [0.15, 0.2) is 28.2 Å². The zero-order valence-corrected chi connectivity index (χ0v) is 12.8. The van der Waals surface area contributed by atoms with Crippen molar-refractivity contribution in [1.82, 2.24) is 9.97 Å². The molecule has 1 aromatic heterocycles. The number of aromatic nitrogens is 2. The number of aryl methyl sites for hydroxylation is 1. The molecule has 0 aliphatic heterocycles. The third-order valence-corrected chi connectivity index (χ3v) is 3.94. The third kappa shape index (κ3) is 3.32. The van der Waals surface area contributed by atoms with Crippen molar-refractivity contribution in [1.29, 1.82) is 0 Å². The van der Waals surface area contributed by atoms with Gasteiger partial charge in [0.15, 0.2) is 5.16 Å². The van der Waals surface area contributed by atoms with E-state index in [-0.39, 0.29) is 5.56 Å². The molecule has 0 aliphatic carbocycles. The third-order valence-electron chi connectivity index (χ3n) is 2.78. The van der Waals surface area contributed by atoms with Gasteiger partial charge in [-0.1, -0.05) is 41.0 Å². The predicted molar refractivity (Wildman–Crippen MR) is 80.6 cm³/mol. The second kappa shape index (κ2) is 5.99. The number of hydrogen-bond acceptors (Lipinski definition) is 3. The molecule has 6 heteroatoms. The van der Waals surface area contributed by atoms with Crippen LogP contribution in [0, 0.1) is 6.92 Å². The number of thioether (sulfide) groups is 1. The number of aromatic amines is 1. The summed E-state index contributed by atoms with van der Waals surface area (Å²) >= 11 is 13.4. The van der Waals surface area contributed by atoms with Crippen molar-refractivity contribution in [3.63, 3.8) is 0 Å². The maximum atomic E-state index is 12.0. The van der Waals surface area contributed by atoms with E-state index in [1.54, 1.807) is 12.1 Å². The quantitative estimate of drug-likeness (QED) is 0.694. The molecule has 0 saturated carbocycles. The molecule has 1 N–H and O–H groups in total. The molecule has 0 aliphatic rings. The highest BCUT2D eigenvalue weighted by molar-refractivity contribution is 7.98. The largest absolute Gasteiger partial charge is 0.301 e. The van der Waals surface area contributed by atoms with Gasteiger partial charge >= 0.3 is 0 Å². The normalized spacial score (nSPS) is 10.7. The maximum absolute atomic E-state index is 12.0. The standard InChI is InChI=1S/C13H12Cl2N2OS/c1-7-10(12(18)17-13(16-7)19-2)5-8-3-4-9(14)6-11(8)15/h3-4,6H,5H2,1-2H3,(H,16,17,18). The van der Waals surface area contributed by atoms with E-state index in [4.69, 9.17) is 23.2 Å². The lowest BCUT2D eigenvalue weighted by atomic mass is 10.1. The second-order valence-electron chi connectivity index (χ2n) is 4.05. The van der Waals surface area contributed by atoms with Crippen LogP contribution in [0.2, 0.25) is 10.0 Å². The van der Waals surface area contributed by atoms with Gasteiger partial charge in [-0.2, -0.15) is 0 Å². The summed E-state index contributed by atoms with van der Waals surface area (Å²) in [5, 5.41) is 1.75. The number of halogens is 2. The van der Waals surface area contributed by atoms with Crippen molar-refractivity contribution in [2.24, 2.45) is 0 Å². The van der Waals surface area contributed by atoms with Crippen molar-refractivity contribution in [2.75, 3.05) is 6.26 Å². The van der Waals surface area contributed by atoms with E-state index in [9.17, 15) is 4.79 Å². The van der Waals surface area contributed by atoms with Crippen LogP contribution < -0.4 is 5.56 Å². The molecule has 0 unspecified atom stereocenters. The molecule has 0 saturated heterocycles. The fraction of sp³-hybridized carbons (Fsp3) is 0.231. The summed E-state index contributed by atoms with van der Waals surface area (Å²) in [4.78, 5) is 19.1. The maximum Gasteiger partial charge on any atom is 0.255 e. The Balaban J connectivity index is 2.41. The van der Waals surface area contributed by atoms with Crippen LogP contribution in [0.25, 0.3) is 0 Å². The Kier molecular flexibility index (Phi) is 4.55. The minimum absolute atomic E-state index is 0.122. The Morgan fingerprint density at radius 2 is 2.11 bits per heavy atom. The lowest BCUT2D eigenvalue weighted by Crippen LogP contribution is -2.17. The average Bonchev–Trinajstić information content (AvgIpc) is 2.35. The van der Waals surface area contributed by atoms with Crippen molar-refractivity contribution in [3.05, 3.63) is 55.4 Å². The summed E-state index contributed by atoms with van der Waals surface area (Å²) in [5.74, 6) is 0. The van der Waals surface area contributed by atoms with E-state index >= 15 is 0 Å². The summed E-state index contributed by atoms with van der Waals surface area (Å²) in [5.41, 5.74) is 2.09. The average molecular weight is 315 g/mol. The van der Waals surface area contributed by atoms with Crippen LogP contribution >= 0.6 is 35.0 Å². The molecule has 0 fully saturated rings. The molecule has 0 amide bonds. The van der Waals surface area contributed by atoms with Gasteiger partial charge in [0.25, 0.3) is 5.56 Å². The molecule has 100 valence electrons. The summed E-state index contributed by atoms with van der Waals surface area (Å²) in [6.07, 6.45) is 2.31. The zero-order valence-electron chi connectivity index (χ0n) is 10.5. The number of rotatable bonds is 3. The fourth-order valence-electron chi connectivity index (χ4n) is 1.74. The Labute approximate surface area is 125 Å². The van der Waals surface area contributed by atoms with Gasteiger partial charge in [0.1, 0.15) is 0 Å². The fourth-order valence-corrected chi connectivity index (χ4v) is 2.64. The molecule has 0 radical (unpaired) electrons. The smallest absolute Gasteiger partial charge is 0.255 e. The van der Waals surface area contributed by atoms with Gasteiger partial charge in [-0.3, -0.25) is 4.79 Å². The zero-order chi connectivity index (χ0) is 14.0. The Bertz CT molecular complexity index is 670. The van der Waals surface area contributed by atoms with E-state index in [1.165, 1.54) is 11.8 Å². The molecule has 3 nitrogen and oxygen atoms in total. The summed E-state index contributed by atoms with van der Waals surface area (Å²) in [7, 11) is 0. The number of nitrogens with one attached hydrogen (secondary N) is 1. The van der Waals surface area contributed by atoms with Crippen LogP contribution in [0.5, 0.6) is 0 Å². The molecule has 2 rings (SSSR count). The minimum atomic E-state index is -0.122. The monoisotopic (exact) mass is 314 g/mol. The van der Waals surface area contributed by atoms with Crippen LogP contribution in [0.1, 0.15) is 16.8 Å². The van der Waals surface area contributed by atoms with E-state index in [1.807, 2.05) is 19.2 Å². The molecule has 19 heavy (non-hydrogen) atoms. The molecule has 1 heterocycles. The van der Waals surface area contributed by atoms with Gasteiger partial charge in [0, 0.05) is 27.7 Å². The molecule has 1 aromatic carbocycles. The lowest BCUT2D eigenvalue weighted by Gasteiger charge is -2.07. The van der Waals surface area contributed by atoms with E-state index in [0.717, 1.165) is 11.3 Å². The molecule has 0 bridgehead atoms. The SMILES string of the molecule is CSc1nc(C)c(Cc2ccc(Cl)cc2Cl)c(=O)[nH]1. The van der Waals surface area contributed by atoms with Crippen LogP contribution in [0.3, 0.4) is 0 Å². The number of hydrogen-bond donors (Lipinski definition) is 1. The van der Waals surface area contributed by atoms with Gasteiger partial charge in [-0.05, 0) is 30.9 Å². The topological polar surface area (TPSA) is 45.8 Å². The van der Waals surface area contributed by atoms with Crippen molar-refractivity contribution in [3.8, 4) is 0 Å². The minimum Gasteiger partial charge on any atom is -0.301 e. The van der Waals surface area contributed by atoms with E-state index in [0.29, 0.717) is 27.2 Å². The second-order valence-corrected chi connectivity index (χ2v) is 5.69. The Hall–Kier alpha value is -0.970. The van der Waals surface area contributed by atoms with Crippen LogP contribution in [-0.2, 0) is 6.42 Å². The first-order chi connectivity index (χ1) is 9.01. The van der Waals surface area contributed by atoms with E-state index < -0.39 is 0 Å². The number of benzene rings is 1. The lowest BCUT2D eigenvalue weighted by molar-refractivity contribution is 0.868. The predicted octanol–water partition coefficient (Wildman–Crippen LogP) is 3.70. The first-order valence-electron chi connectivity index (χ1n) is 5.59. The Morgan fingerprint density at radius 1 is 1.37 bits per heavy atom.